The Morgan fingerprint density at radius 1 is 1.26 bits per heavy atom. The first-order valence-corrected chi connectivity index (χ1v) is 10.2. The maximum Gasteiger partial charge on any atom is 0.387 e. The quantitative estimate of drug-likeness (QED) is 0.540. The van der Waals surface area contributed by atoms with Crippen molar-refractivity contribution in [2.75, 3.05) is 39.3 Å². The molecule has 1 atom stereocenters. The molecule has 172 valence electrons. The Hall–Kier alpha value is -2.52. The van der Waals surface area contributed by atoms with Crippen LogP contribution in [0.15, 0.2) is 35.9 Å². The second-order valence-corrected chi connectivity index (χ2v) is 7.86. The van der Waals surface area contributed by atoms with E-state index in [1.807, 2.05) is 4.90 Å². The zero-order chi connectivity index (χ0) is 22.9. The van der Waals surface area contributed by atoms with E-state index in [0.717, 1.165) is 32.5 Å². The van der Waals surface area contributed by atoms with Crippen molar-refractivity contribution >= 4 is 12.4 Å². The molecule has 0 bridgehead atoms. The summed E-state index contributed by atoms with van der Waals surface area (Å²) in [7, 11) is 0. The molecule has 31 heavy (non-hydrogen) atoms. The molecule has 1 N–H and O–H groups in total. The molecule has 1 amide bonds. The van der Waals surface area contributed by atoms with E-state index in [4.69, 9.17) is 14.6 Å². The molecule has 2 heterocycles. The van der Waals surface area contributed by atoms with Crippen molar-refractivity contribution < 1.29 is 33.0 Å². The third-order valence-corrected chi connectivity index (χ3v) is 5.26. The number of ether oxygens (including phenoxy) is 2. The minimum absolute atomic E-state index is 0.0489. The number of morpholine rings is 1. The molecule has 3 rings (SSSR count). The van der Waals surface area contributed by atoms with Crippen LogP contribution < -0.4 is 4.74 Å². The van der Waals surface area contributed by atoms with Gasteiger partial charge < -0.3 is 19.5 Å². The second-order valence-electron chi connectivity index (χ2n) is 7.86. The molecule has 2 aliphatic rings. The lowest BCUT2D eigenvalue weighted by Crippen LogP contribution is -2.55. The Morgan fingerprint density at radius 2 is 1.94 bits per heavy atom. The minimum Gasteiger partial charge on any atom is -0.483 e. The van der Waals surface area contributed by atoms with Crippen LogP contribution in [0.5, 0.6) is 5.75 Å². The highest BCUT2D eigenvalue weighted by atomic mass is 19.3. The number of hydrogen-bond donors (Lipinski definition) is 1. The molecule has 2 fully saturated rings. The van der Waals surface area contributed by atoms with E-state index >= 15 is 0 Å². The molecular weight excluding hydrogens is 410 g/mol. The number of hydrogen-bond acceptors (Lipinski definition) is 5. The number of amides is 1. The Kier molecular flexibility index (Phi) is 9.39. The van der Waals surface area contributed by atoms with Crippen LogP contribution in [0.3, 0.4) is 0 Å². The molecule has 0 saturated carbocycles. The number of halogens is 2. The number of alkyl halides is 2. The van der Waals surface area contributed by atoms with E-state index in [9.17, 15) is 13.6 Å². The molecule has 9 heteroatoms. The average molecular weight is 440 g/mol. The maximum absolute atomic E-state index is 12.9. The summed E-state index contributed by atoms with van der Waals surface area (Å²) in [5.74, 6) is -0.0536. The minimum atomic E-state index is -2.87. The van der Waals surface area contributed by atoms with Gasteiger partial charge in [-0.3, -0.25) is 14.5 Å². The normalized spacial score (nSPS) is 20.9. The second kappa shape index (κ2) is 11.8. The van der Waals surface area contributed by atoms with E-state index in [1.165, 1.54) is 29.8 Å². The molecule has 7 nitrogen and oxygen atoms in total. The van der Waals surface area contributed by atoms with Crippen molar-refractivity contribution in [2.24, 2.45) is 0 Å². The van der Waals surface area contributed by atoms with Crippen LogP contribution >= 0.6 is 0 Å². The van der Waals surface area contributed by atoms with Crippen LogP contribution in [0.25, 0.3) is 0 Å². The van der Waals surface area contributed by atoms with Crippen LogP contribution in [0.1, 0.15) is 37.0 Å². The predicted octanol–water partition coefficient (Wildman–Crippen LogP) is 3.26. The average Bonchev–Trinajstić information content (AvgIpc) is 3.10. The van der Waals surface area contributed by atoms with Gasteiger partial charge in [-0.1, -0.05) is 11.6 Å². The molecule has 0 aliphatic carbocycles. The summed E-state index contributed by atoms with van der Waals surface area (Å²) in [5, 5.41) is 6.89. The van der Waals surface area contributed by atoms with Crippen LogP contribution in [-0.4, -0.2) is 78.8 Å². The third kappa shape index (κ3) is 7.59. The van der Waals surface area contributed by atoms with Gasteiger partial charge in [-0.2, -0.15) is 8.78 Å². The molecule has 2 aliphatic heterocycles. The van der Waals surface area contributed by atoms with Gasteiger partial charge in [-0.15, -0.1) is 0 Å². The summed E-state index contributed by atoms with van der Waals surface area (Å²) in [6, 6.07) is 5.86. The maximum atomic E-state index is 12.9. The summed E-state index contributed by atoms with van der Waals surface area (Å²) in [4.78, 5) is 25.4. The van der Waals surface area contributed by atoms with Gasteiger partial charge in [0.2, 0.25) is 0 Å². The Morgan fingerprint density at radius 3 is 2.55 bits per heavy atom. The summed E-state index contributed by atoms with van der Waals surface area (Å²) < 4.78 is 35.0. The first-order chi connectivity index (χ1) is 14.8. The van der Waals surface area contributed by atoms with E-state index < -0.39 is 6.61 Å². The number of nitrogens with zero attached hydrogens (tertiary/aromatic N) is 2. The molecule has 1 aromatic carbocycles. The van der Waals surface area contributed by atoms with E-state index in [2.05, 4.69) is 29.6 Å². The van der Waals surface area contributed by atoms with E-state index in [-0.39, 0.29) is 23.7 Å². The largest absolute Gasteiger partial charge is 0.483 e. The molecule has 0 aromatic heterocycles. The number of benzene rings is 1. The van der Waals surface area contributed by atoms with Crippen molar-refractivity contribution in [1.82, 2.24) is 9.80 Å². The summed E-state index contributed by atoms with van der Waals surface area (Å²) in [5.41, 5.74) is 1.49. The van der Waals surface area contributed by atoms with Gasteiger partial charge >= 0.3 is 6.61 Å². The fourth-order valence-electron chi connectivity index (χ4n) is 3.88. The van der Waals surface area contributed by atoms with Gasteiger partial charge in [-0.25, -0.2) is 0 Å². The van der Waals surface area contributed by atoms with Gasteiger partial charge in [-0.05, 0) is 51.0 Å². The molecule has 2 saturated heterocycles. The van der Waals surface area contributed by atoms with Gasteiger partial charge in [0.15, 0.2) is 0 Å². The zero-order valence-electron chi connectivity index (χ0n) is 17.9. The van der Waals surface area contributed by atoms with Crippen molar-refractivity contribution in [3.8, 4) is 5.75 Å². The van der Waals surface area contributed by atoms with E-state index in [1.54, 1.807) is 0 Å². The summed E-state index contributed by atoms with van der Waals surface area (Å²) in [6.07, 6.45) is 4.17. The lowest BCUT2D eigenvalue weighted by Gasteiger charge is -2.40. The Balaban J connectivity index is 0.00000107. The predicted molar refractivity (Wildman–Crippen MR) is 111 cm³/mol. The van der Waals surface area contributed by atoms with Crippen molar-refractivity contribution in [2.45, 2.75) is 38.9 Å². The molecule has 0 radical (unpaired) electrons. The smallest absolute Gasteiger partial charge is 0.387 e. The first kappa shape index (κ1) is 24.7. The monoisotopic (exact) mass is 440 g/mol. The molecule has 1 aromatic rings. The van der Waals surface area contributed by atoms with Crippen molar-refractivity contribution in [3.63, 3.8) is 0 Å². The number of allylic oxidation sites excluding steroid dienone is 1. The first-order valence-electron chi connectivity index (χ1n) is 10.2. The number of carbonyl (C=O) groups excluding carboxylic acids is 1. The topological polar surface area (TPSA) is 79.3 Å². The van der Waals surface area contributed by atoms with E-state index in [0.29, 0.717) is 25.3 Å². The van der Waals surface area contributed by atoms with Gasteiger partial charge in [0.05, 0.1) is 18.8 Å². The number of carboxylic acid groups (broad SMARTS) is 1. The third-order valence-electron chi connectivity index (χ3n) is 5.26. The Bertz CT molecular complexity index is 753. The number of likely N-dealkylation sites (tertiary alicyclic amines) is 1. The van der Waals surface area contributed by atoms with Crippen LogP contribution in [0, 0.1) is 0 Å². The fourth-order valence-corrected chi connectivity index (χ4v) is 3.88. The summed E-state index contributed by atoms with van der Waals surface area (Å²) in [6.45, 7) is 5.48. The zero-order valence-corrected chi connectivity index (χ0v) is 17.9. The fraction of sp³-hybridized carbons (Fsp3) is 0.545. The number of carbonyl (C=O) groups is 2. The van der Waals surface area contributed by atoms with Gasteiger partial charge in [0.1, 0.15) is 5.75 Å². The number of rotatable bonds is 6. The van der Waals surface area contributed by atoms with Crippen LogP contribution in [-0.2, 0) is 9.53 Å². The van der Waals surface area contributed by atoms with Gasteiger partial charge in [0, 0.05) is 31.7 Å². The van der Waals surface area contributed by atoms with Gasteiger partial charge in [0.25, 0.3) is 12.4 Å². The standard InChI is InChI=1S/C21H28F2N2O3.CH2O2/c1-16(2)4-3-10-24-11-9-21(14-24)15-25(12-13-27-21)19(26)17-5-7-18(8-6-17)28-20(22)23;2-1-3/h4-8,20H,3,9-15H2,1-2H3;1H,(H,2,3). The highest BCUT2D eigenvalue weighted by Crippen LogP contribution is 2.30. The van der Waals surface area contributed by atoms with Crippen LogP contribution in [0.2, 0.25) is 0 Å². The summed E-state index contributed by atoms with van der Waals surface area (Å²) >= 11 is 0. The molecular formula is C22H30F2N2O5. The SMILES string of the molecule is CC(C)=CCCN1CCC2(C1)CN(C(=O)c1ccc(OC(F)F)cc1)CCO2.O=CO. The Labute approximate surface area is 181 Å². The van der Waals surface area contributed by atoms with Crippen molar-refractivity contribution in [3.05, 3.63) is 41.5 Å². The molecule has 1 spiro atoms. The lowest BCUT2D eigenvalue weighted by atomic mass is 10.00. The molecule has 1 unspecified atom stereocenters. The van der Waals surface area contributed by atoms with Crippen molar-refractivity contribution in [1.29, 1.82) is 0 Å². The lowest BCUT2D eigenvalue weighted by molar-refractivity contribution is -0.122. The highest BCUT2D eigenvalue weighted by molar-refractivity contribution is 5.94. The highest BCUT2D eigenvalue weighted by Gasteiger charge is 2.43. The van der Waals surface area contributed by atoms with Crippen LogP contribution in [0.4, 0.5) is 8.78 Å².